The van der Waals surface area contributed by atoms with Crippen molar-refractivity contribution < 1.29 is 37.9 Å². The molecule has 0 aliphatic carbocycles. The number of rotatable bonds is 23. The molecule has 629 valence electrons. The molecule has 0 spiro atoms. The number of aryl methyl sites for hydroxylation is 12. The van der Waals surface area contributed by atoms with Gasteiger partial charge >= 0.3 is 79.4 Å². The highest BCUT2D eigenvalue weighted by atomic mass is 27.2. The lowest BCUT2D eigenvalue weighted by Gasteiger charge is -2.17. The molecule has 128 heavy (non-hydrogen) atoms. The Labute approximate surface area is 784 Å². The van der Waals surface area contributed by atoms with Crippen molar-refractivity contribution in [2.24, 2.45) is 0 Å². The average molecular weight is 1760 g/mol. The Morgan fingerprint density at radius 2 is 0.484 bits per heavy atom. The number of pyridine rings is 5. The third-order valence-corrected chi connectivity index (χ3v) is 25.4. The summed E-state index contributed by atoms with van der Waals surface area (Å²) in [7, 11) is 0. The summed E-state index contributed by atoms with van der Waals surface area (Å²) in [5.41, 5.74) is 28.4. The quantitative estimate of drug-likeness (QED) is 0.0557. The van der Waals surface area contributed by atoms with Crippen LogP contribution in [0.25, 0.3) is 87.9 Å². The second-order valence-electron chi connectivity index (χ2n) is 31.3. The van der Waals surface area contributed by atoms with Gasteiger partial charge in [0.05, 0.1) is 28.7 Å². The van der Waals surface area contributed by atoms with Crippen molar-refractivity contribution in [3.63, 3.8) is 0 Å². The molecule has 0 saturated carbocycles. The van der Waals surface area contributed by atoms with E-state index in [-0.39, 0.29) is 0 Å². The van der Waals surface area contributed by atoms with E-state index in [4.69, 9.17) is 37.9 Å². The second kappa shape index (κ2) is 44.3. The highest BCUT2D eigenvalue weighted by Gasteiger charge is 2.20. The summed E-state index contributed by atoms with van der Waals surface area (Å²) in [4.78, 5) is 23.1. The fourth-order valence-electron chi connectivity index (χ4n) is 14.8. The predicted molar refractivity (Wildman–Crippen MR) is 523 cm³/mol. The molecule has 5 aromatic heterocycles. The lowest BCUT2D eigenvalue weighted by atomic mass is 10.0. The van der Waals surface area contributed by atoms with Gasteiger partial charge in [-0.25, -0.2) is 24.9 Å². The summed E-state index contributed by atoms with van der Waals surface area (Å²) in [6.07, 6.45) is 0. The van der Waals surface area contributed by atoms with Crippen LogP contribution in [-0.4, -0.2) is 104 Å². The molecule has 18 rings (SSSR count). The average Bonchev–Trinajstić information content (AvgIpc) is 0.768. The van der Waals surface area contributed by atoms with E-state index in [0.29, 0.717) is 0 Å². The van der Waals surface area contributed by atoms with Crippen LogP contribution in [0, 0.1) is 104 Å². The molecule has 0 atom stereocenters. The standard InChI is InChI=1S/3C12H10O.3C11H11NO.2C10H9NO.C10H14O.C9H12O.5Al/c2*13-12-8-4-7-11(9-12)10-5-2-1-3-6-10;13-12-8-6-11(7-9-12)10-4-2-1-3-5-10;3*1-7-6-8(2)12-11-9(7)4-3-5-10(11)13;2*1-7-5-6-8-3-2-4-9(12)10(8)11-7;1-6-5-7(2)9(4)10(11)8(6)3;1-6-4-5-7(2)9(10)8(6)3;;;;;/h3*1-9,13H;3*3-6,13H,1-2H3;2*2-6,12H,1H3;5,11H,1-4H3;4-5,10H,1-3H3;;;;;/q;;;;;;;;;;5*+2/p-10. The van der Waals surface area contributed by atoms with Crippen molar-refractivity contribution in [2.45, 2.75) is 104 Å². The number of nitrogens with zero attached hydrogens (tertiary/aromatic N) is 5. The van der Waals surface area contributed by atoms with Crippen LogP contribution < -0.4 is 37.9 Å². The fraction of sp³-hybridized carbons (Fsp3) is 0.139. The maximum absolute atomic E-state index is 6.05. The first-order valence-corrected chi connectivity index (χ1v) is 47.1. The Bertz CT molecular complexity index is 6700. The molecule has 0 saturated heterocycles. The van der Waals surface area contributed by atoms with Gasteiger partial charge in [0.15, 0.2) is 0 Å². The Balaban J connectivity index is 0.000000130. The molecule has 18 aromatic rings. The minimum atomic E-state index is -0.688. The third kappa shape index (κ3) is 24.1. The summed E-state index contributed by atoms with van der Waals surface area (Å²) in [6.45, 7) is 30.9. The van der Waals surface area contributed by atoms with Crippen molar-refractivity contribution in [1.82, 2.24) is 24.9 Å². The number of benzene rings is 13. The summed E-state index contributed by atoms with van der Waals surface area (Å²) in [6, 6.07) is 106. The highest BCUT2D eigenvalue weighted by Crippen LogP contribution is 2.36. The number of hydrogen-bond donors (Lipinski definition) is 0. The SMILES string of the molecule is Cc1cc(C)c2cccc([O][Al][O]c3ccc(-c4ccccc4)cc3)c2n1.Cc1cc(C)c2cccc([O][Al][O]c3cccc(-c4ccccc4)c3)c2n1.Cc1cc(C)c2cccc([O][Al][O]c3cccc(-c4ccccc4)c3)c2n1.Cc1ccc2cccc([O][Al][O]c3c(C)c(C)cc(C)c3C)c2n1.Cc1ccc2cccc([O][Al][O]c3c(C)ccc(C)c3C)c2n1. The molecule has 0 fully saturated rings. The van der Waals surface area contributed by atoms with Crippen LogP contribution in [0.1, 0.15) is 84.1 Å². The monoisotopic (exact) mass is 1760 g/mol. The third-order valence-electron chi connectivity index (χ3n) is 21.8. The number of aromatic nitrogens is 5. The molecule has 15 nitrogen and oxygen atoms in total. The Morgan fingerprint density at radius 3 is 0.883 bits per heavy atom. The number of fused-ring (bicyclic) bond motifs is 5. The molecular formula is C108H97Al5N5O10. The molecule has 5 radical (unpaired) electrons. The van der Waals surface area contributed by atoms with Gasteiger partial charge in [-0.3, -0.25) is 0 Å². The molecule has 5 heterocycles. The number of hydrogen-bond acceptors (Lipinski definition) is 15. The minimum absolute atomic E-state index is 0.644. The van der Waals surface area contributed by atoms with Gasteiger partial charge in [-0.15, -0.1) is 0 Å². The Hall–Kier alpha value is -12.4. The largest absolute Gasteiger partial charge is 0.881 e. The van der Waals surface area contributed by atoms with E-state index in [1.54, 1.807) is 0 Å². The summed E-state index contributed by atoms with van der Waals surface area (Å²) < 4.78 is 59.5. The Kier molecular flexibility index (Phi) is 31.8. The van der Waals surface area contributed by atoms with E-state index < -0.39 is 79.4 Å². The molecule has 0 aliphatic heterocycles. The van der Waals surface area contributed by atoms with E-state index in [1.165, 1.54) is 72.3 Å². The topological polar surface area (TPSA) is 157 Å². The normalized spacial score (nSPS) is 10.6. The van der Waals surface area contributed by atoms with Crippen LogP contribution in [0.5, 0.6) is 57.5 Å². The fourth-order valence-corrected chi connectivity index (χ4v) is 18.2. The molecule has 0 N–H and O–H groups in total. The van der Waals surface area contributed by atoms with E-state index in [1.807, 2.05) is 223 Å². The van der Waals surface area contributed by atoms with Crippen LogP contribution in [-0.2, 0) is 0 Å². The van der Waals surface area contributed by atoms with Crippen molar-refractivity contribution in [2.75, 3.05) is 0 Å². The predicted octanol–water partition coefficient (Wildman–Crippen LogP) is 25.8. The van der Waals surface area contributed by atoms with Crippen LogP contribution in [0.2, 0.25) is 0 Å². The van der Waals surface area contributed by atoms with Gasteiger partial charge in [0.2, 0.25) is 0 Å². The maximum atomic E-state index is 6.05. The lowest BCUT2D eigenvalue weighted by Crippen LogP contribution is -2.13. The number of para-hydroxylation sites is 5. The van der Waals surface area contributed by atoms with E-state index in [2.05, 4.69) is 222 Å². The van der Waals surface area contributed by atoms with Gasteiger partial charge in [0.1, 0.15) is 56.3 Å². The van der Waals surface area contributed by atoms with Gasteiger partial charge in [-0.1, -0.05) is 218 Å². The molecule has 13 aromatic carbocycles. The first-order valence-electron chi connectivity index (χ1n) is 42.3. The first kappa shape index (κ1) is 91.8. The van der Waals surface area contributed by atoms with Crippen LogP contribution >= 0.6 is 0 Å². The zero-order valence-corrected chi connectivity index (χ0v) is 80.5. The van der Waals surface area contributed by atoms with Gasteiger partial charge < -0.3 is 37.9 Å². The van der Waals surface area contributed by atoms with Crippen molar-refractivity contribution >= 4 is 134 Å². The Morgan fingerprint density at radius 1 is 0.180 bits per heavy atom. The lowest BCUT2D eigenvalue weighted by molar-refractivity contribution is 0.456. The molecule has 0 amide bonds. The van der Waals surface area contributed by atoms with Crippen LogP contribution in [0.15, 0.2) is 315 Å². The summed E-state index contributed by atoms with van der Waals surface area (Å²) in [5.74, 6) is 8.20. The van der Waals surface area contributed by atoms with E-state index in [0.717, 1.165) is 157 Å². The van der Waals surface area contributed by atoms with Crippen LogP contribution in [0.3, 0.4) is 0 Å². The second-order valence-corrected chi connectivity index (χ2v) is 34.7. The molecule has 0 bridgehead atoms. The molecule has 0 unspecified atom stereocenters. The summed E-state index contributed by atoms with van der Waals surface area (Å²) in [5, 5.41) is 5.50. The van der Waals surface area contributed by atoms with Crippen molar-refractivity contribution in [3.05, 3.63) is 400 Å². The minimum Gasteiger partial charge on any atom is -0.616 e. The van der Waals surface area contributed by atoms with E-state index >= 15 is 0 Å². The zero-order valence-electron chi connectivity index (χ0n) is 74.7. The molecular weight excluding hydrogens is 1660 g/mol. The van der Waals surface area contributed by atoms with E-state index in [9.17, 15) is 0 Å². The smallest absolute Gasteiger partial charge is 0.616 e. The van der Waals surface area contributed by atoms with Crippen molar-refractivity contribution in [1.29, 1.82) is 0 Å². The zero-order chi connectivity index (χ0) is 89.6. The first-order chi connectivity index (χ1) is 62.1. The van der Waals surface area contributed by atoms with Gasteiger partial charge in [-0.05, 0) is 290 Å². The highest BCUT2D eigenvalue weighted by molar-refractivity contribution is 6.23. The molecule has 20 heteroatoms. The summed E-state index contributed by atoms with van der Waals surface area (Å²) >= 11 is -3.35. The maximum Gasteiger partial charge on any atom is 0.881 e. The van der Waals surface area contributed by atoms with Gasteiger partial charge in [-0.2, -0.15) is 0 Å². The van der Waals surface area contributed by atoms with Crippen LogP contribution in [0.4, 0.5) is 0 Å². The van der Waals surface area contributed by atoms with Crippen molar-refractivity contribution in [3.8, 4) is 90.9 Å². The van der Waals surface area contributed by atoms with Gasteiger partial charge in [0.25, 0.3) is 0 Å². The molecule has 0 aliphatic rings. The van der Waals surface area contributed by atoms with Gasteiger partial charge in [0, 0.05) is 55.4 Å².